The standard InChI is InChI=1S/C15H23NO3/c1-11(12-8-6-5-7-9-12)13(17)10-16-14(18)19-15(2,3)4/h5-9,11,13,17H,10H2,1-4H3,(H,16,18). The number of aliphatic hydroxyl groups is 1. The van der Waals surface area contributed by atoms with Crippen LogP contribution in [0.5, 0.6) is 0 Å². The summed E-state index contributed by atoms with van der Waals surface area (Å²) in [5, 5.41) is 12.6. The van der Waals surface area contributed by atoms with Gasteiger partial charge < -0.3 is 15.2 Å². The number of benzene rings is 1. The Labute approximate surface area is 114 Å². The summed E-state index contributed by atoms with van der Waals surface area (Å²) in [5.74, 6) is -0.0452. The van der Waals surface area contributed by atoms with Gasteiger partial charge in [0.25, 0.3) is 0 Å². The topological polar surface area (TPSA) is 58.6 Å². The highest BCUT2D eigenvalue weighted by Crippen LogP contribution is 2.18. The van der Waals surface area contributed by atoms with E-state index in [-0.39, 0.29) is 12.5 Å². The molecule has 2 N–H and O–H groups in total. The van der Waals surface area contributed by atoms with E-state index in [1.165, 1.54) is 0 Å². The van der Waals surface area contributed by atoms with Crippen LogP contribution >= 0.6 is 0 Å². The SMILES string of the molecule is CC(c1ccccc1)C(O)CNC(=O)OC(C)(C)C. The highest BCUT2D eigenvalue weighted by atomic mass is 16.6. The second kappa shape index (κ2) is 6.57. The predicted octanol–water partition coefficient (Wildman–Crippen LogP) is 2.68. The van der Waals surface area contributed by atoms with E-state index in [4.69, 9.17) is 4.74 Å². The predicted molar refractivity (Wildman–Crippen MR) is 75.1 cm³/mol. The molecule has 4 nitrogen and oxygen atoms in total. The van der Waals surface area contributed by atoms with Gasteiger partial charge in [0.1, 0.15) is 5.60 Å². The van der Waals surface area contributed by atoms with Crippen LogP contribution in [-0.4, -0.2) is 29.4 Å². The lowest BCUT2D eigenvalue weighted by Gasteiger charge is -2.22. The lowest BCUT2D eigenvalue weighted by Crippen LogP contribution is -2.38. The molecule has 106 valence electrons. The number of nitrogens with one attached hydrogen (secondary N) is 1. The van der Waals surface area contributed by atoms with Crippen molar-refractivity contribution < 1.29 is 14.6 Å². The number of aliphatic hydroxyl groups excluding tert-OH is 1. The molecular formula is C15H23NO3. The summed E-state index contributed by atoms with van der Waals surface area (Å²) >= 11 is 0. The molecule has 0 aliphatic heterocycles. The third-order valence-corrected chi connectivity index (χ3v) is 2.76. The van der Waals surface area contributed by atoms with Crippen LogP contribution < -0.4 is 5.32 Å². The minimum atomic E-state index is -0.644. The maximum absolute atomic E-state index is 11.5. The molecule has 0 saturated carbocycles. The molecule has 0 saturated heterocycles. The van der Waals surface area contributed by atoms with Gasteiger partial charge in [-0.05, 0) is 26.3 Å². The molecule has 0 bridgehead atoms. The third-order valence-electron chi connectivity index (χ3n) is 2.76. The Hall–Kier alpha value is -1.55. The van der Waals surface area contributed by atoms with E-state index in [9.17, 15) is 9.90 Å². The number of rotatable bonds is 4. The van der Waals surface area contributed by atoms with Gasteiger partial charge in [-0.3, -0.25) is 0 Å². The van der Waals surface area contributed by atoms with Crippen molar-refractivity contribution in [3.8, 4) is 0 Å². The van der Waals surface area contributed by atoms with Gasteiger partial charge in [-0.2, -0.15) is 0 Å². The molecule has 1 rings (SSSR count). The van der Waals surface area contributed by atoms with Crippen molar-refractivity contribution >= 4 is 6.09 Å². The van der Waals surface area contributed by atoms with Crippen molar-refractivity contribution in [2.45, 2.75) is 45.3 Å². The summed E-state index contributed by atoms with van der Waals surface area (Å²) in [6.45, 7) is 7.50. The van der Waals surface area contributed by atoms with Crippen molar-refractivity contribution in [2.75, 3.05) is 6.54 Å². The minimum absolute atomic E-state index is 0.0452. The summed E-state index contributed by atoms with van der Waals surface area (Å²) in [5.41, 5.74) is 0.515. The zero-order chi connectivity index (χ0) is 14.5. The van der Waals surface area contributed by atoms with Crippen LogP contribution in [0, 0.1) is 0 Å². The molecule has 19 heavy (non-hydrogen) atoms. The molecule has 0 spiro atoms. The number of alkyl carbamates (subject to hydrolysis) is 1. The second-order valence-electron chi connectivity index (χ2n) is 5.65. The van der Waals surface area contributed by atoms with Gasteiger partial charge in [-0.1, -0.05) is 37.3 Å². The summed E-state index contributed by atoms with van der Waals surface area (Å²) in [6.07, 6.45) is -1.15. The van der Waals surface area contributed by atoms with Crippen LogP contribution in [0.15, 0.2) is 30.3 Å². The Balaban J connectivity index is 2.43. The molecule has 2 atom stereocenters. The van der Waals surface area contributed by atoms with Crippen molar-refractivity contribution in [1.29, 1.82) is 0 Å². The fraction of sp³-hybridized carbons (Fsp3) is 0.533. The number of hydrogen-bond acceptors (Lipinski definition) is 3. The molecule has 0 aliphatic carbocycles. The molecule has 1 aromatic carbocycles. The van der Waals surface area contributed by atoms with Crippen LogP contribution in [0.2, 0.25) is 0 Å². The van der Waals surface area contributed by atoms with E-state index in [0.717, 1.165) is 5.56 Å². The van der Waals surface area contributed by atoms with E-state index >= 15 is 0 Å². The number of carbonyl (C=O) groups is 1. The van der Waals surface area contributed by atoms with E-state index in [1.54, 1.807) is 20.8 Å². The largest absolute Gasteiger partial charge is 0.444 e. The first-order chi connectivity index (χ1) is 8.79. The molecule has 0 radical (unpaired) electrons. The highest BCUT2D eigenvalue weighted by Gasteiger charge is 2.19. The fourth-order valence-corrected chi connectivity index (χ4v) is 1.66. The van der Waals surface area contributed by atoms with Crippen molar-refractivity contribution in [2.24, 2.45) is 0 Å². The van der Waals surface area contributed by atoms with E-state index in [1.807, 2.05) is 37.3 Å². The van der Waals surface area contributed by atoms with Crippen LogP contribution in [-0.2, 0) is 4.74 Å². The lowest BCUT2D eigenvalue weighted by atomic mass is 9.95. The minimum Gasteiger partial charge on any atom is -0.444 e. The lowest BCUT2D eigenvalue weighted by molar-refractivity contribution is 0.0482. The fourth-order valence-electron chi connectivity index (χ4n) is 1.66. The number of carbonyl (C=O) groups excluding carboxylic acids is 1. The molecule has 0 aliphatic rings. The zero-order valence-corrected chi connectivity index (χ0v) is 12.0. The molecule has 0 aromatic heterocycles. The smallest absolute Gasteiger partial charge is 0.407 e. The van der Waals surface area contributed by atoms with E-state index in [0.29, 0.717) is 0 Å². The molecule has 1 amide bonds. The molecule has 0 heterocycles. The second-order valence-corrected chi connectivity index (χ2v) is 5.65. The van der Waals surface area contributed by atoms with Gasteiger partial charge in [0.05, 0.1) is 6.10 Å². The number of ether oxygens (including phenoxy) is 1. The van der Waals surface area contributed by atoms with Gasteiger partial charge in [0.15, 0.2) is 0 Å². The average molecular weight is 265 g/mol. The Kier molecular flexibility index (Phi) is 5.36. The Morgan fingerprint density at radius 2 is 1.89 bits per heavy atom. The van der Waals surface area contributed by atoms with Crippen molar-refractivity contribution in [3.05, 3.63) is 35.9 Å². The van der Waals surface area contributed by atoms with Gasteiger partial charge in [0.2, 0.25) is 0 Å². The van der Waals surface area contributed by atoms with Crippen LogP contribution in [0.3, 0.4) is 0 Å². The molecular weight excluding hydrogens is 242 g/mol. The van der Waals surface area contributed by atoms with Crippen LogP contribution in [0.1, 0.15) is 39.2 Å². The monoisotopic (exact) mass is 265 g/mol. The quantitative estimate of drug-likeness (QED) is 0.880. The van der Waals surface area contributed by atoms with Crippen LogP contribution in [0.4, 0.5) is 4.79 Å². The number of hydrogen-bond donors (Lipinski definition) is 2. The Bertz CT molecular complexity index is 398. The van der Waals surface area contributed by atoms with Gasteiger partial charge in [0, 0.05) is 12.5 Å². The van der Waals surface area contributed by atoms with Gasteiger partial charge in [-0.15, -0.1) is 0 Å². The van der Waals surface area contributed by atoms with Crippen molar-refractivity contribution in [1.82, 2.24) is 5.32 Å². The molecule has 2 unspecified atom stereocenters. The average Bonchev–Trinajstić information content (AvgIpc) is 2.34. The first kappa shape index (κ1) is 15.5. The molecule has 4 heteroatoms. The maximum atomic E-state index is 11.5. The molecule has 1 aromatic rings. The van der Waals surface area contributed by atoms with Gasteiger partial charge in [-0.25, -0.2) is 4.79 Å². The zero-order valence-electron chi connectivity index (χ0n) is 12.0. The third kappa shape index (κ3) is 5.75. The van der Waals surface area contributed by atoms with E-state index < -0.39 is 17.8 Å². The van der Waals surface area contributed by atoms with Crippen LogP contribution in [0.25, 0.3) is 0 Å². The van der Waals surface area contributed by atoms with E-state index in [2.05, 4.69) is 5.32 Å². The van der Waals surface area contributed by atoms with Crippen molar-refractivity contribution in [3.63, 3.8) is 0 Å². The summed E-state index contributed by atoms with van der Waals surface area (Å²) in [6, 6.07) is 9.71. The van der Waals surface area contributed by atoms with Gasteiger partial charge >= 0.3 is 6.09 Å². The number of amides is 1. The summed E-state index contributed by atoms with van der Waals surface area (Å²) in [4.78, 5) is 11.5. The normalized spacial score (nSPS) is 14.6. The first-order valence-corrected chi connectivity index (χ1v) is 6.49. The molecule has 0 fully saturated rings. The Morgan fingerprint density at radius 3 is 2.42 bits per heavy atom. The summed E-state index contributed by atoms with van der Waals surface area (Å²) < 4.78 is 5.11. The first-order valence-electron chi connectivity index (χ1n) is 6.49. The highest BCUT2D eigenvalue weighted by molar-refractivity contribution is 5.67. The Morgan fingerprint density at radius 1 is 1.32 bits per heavy atom. The summed E-state index contributed by atoms with van der Waals surface area (Å²) in [7, 11) is 0. The maximum Gasteiger partial charge on any atom is 0.407 e.